The number of hydrogen-bond acceptors (Lipinski definition) is 2. The Morgan fingerprint density at radius 1 is 0.435 bits per heavy atom. The minimum absolute atomic E-state index is 0.870. The molecule has 46 heavy (non-hydrogen) atoms. The third-order valence-corrected chi connectivity index (χ3v) is 9.70. The van der Waals surface area contributed by atoms with E-state index in [9.17, 15) is 0 Å². The average Bonchev–Trinajstić information content (AvgIpc) is 3.77. The van der Waals surface area contributed by atoms with Crippen LogP contribution in [0.4, 0.5) is 0 Å². The summed E-state index contributed by atoms with van der Waals surface area (Å²) in [7, 11) is 0. The van der Waals surface area contributed by atoms with Gasteiger partial charge in [0.05, 0.1) is 33.1 Å². The molecule has 0 atom stereocenters. The van der Waals surface area contributed by atoms with Crippen LogP contribution in [0.15, 0.2) is 150 Å². The van der Waals surface area contributed by atoms with Gasteiger partial charge in [-0.05, 0) is 77.9 Å². The van der Waals surface area contributed by atoms with Gasteiger partial charge in [0.1, 0.15) is 11.2 Å². The minimum atomic E-state index is 0.870. The third-order valence-electron chi connectivity index (χ3n) is 9.70. The molecule has 0 radical (unpaired) electrons. The summed E-state index contributed by atoms with van der Waals surface area (Å²) in [6.07, 6.45) is 0. The Labute approximate surface area is 262 Å². The number of ether oxygens (including phenoxy) is 1. The zero-order valence-corrected chi connectivity index (χ0v) is 24.6. The van der Waals surface area contributed by atoms with Crippen LogP contribution in [-0.4, -0.2) is 9.13 Å². The van der Waals surface area contributed by atoms with Crippen molar-refractivity contribution < 1.29 is 9.15 Å². The highest BCUT2D eigenvalue weighted by Gasteiger charge is 2.24. The fourth-order valence-corrected chi connectivity index (χ4v) is 7.72. The Morgan fingerprint density at radius 2 is 1.15 bits per heavy atom. The number of aromatic nitrogens is 2. The van der Waals surface area contributed by atoms with Crippen LogP contribution in [-0.2, 0) is 0 Å². The summed E-state index contributed by atoms with van der Waals surface area (Å²) in [5.41, 5.74) is 10.9. The van der Waals surface area contributed by atoms with Crippen LogP contribution in [0.2, 0.25) is 0 Å². The van der Waals surface area contributed by atoms with E-state index in [2.05, 4.69) is 130 Å². The van der Waals surface area contributed by atoms with Crippen LogP contribution in [0.3, 0.4) is 0 Å². The molecule has 0 saturated heterocycles. The summed E-state index contributed by atoms with van der Waals surface area (Å²) >= 11 is 0. The minimum Gasteiger partial charge on any atom is -0.455 e. The van der Waals surface area contributed by atoms with E-state index in [0.717, 1.165) is 77.9 Å². The first-order valence-corrected chi connectivity index (χ1v) is 15.6. The van der Waals surface area contributed by atoms with Gasteiger partial charge in [0, 0.05) is 32.6 Å². The normalized spacial score (nSPS) is 12.5. The predicted molar refractivity (Wildman–Crippen MR) is 188 cm³/mol. The van der Waals surface area contributed by atoms with E-state index in [4.69, 9.17) is 9.15 Å². The molecular formula is C42H24N2O2. The Balaban J connectivity index is 1.11. The Bertz CT molecular complexity index is 2880. The van der Waals surface area contributed by atoms with Gasteiger partial charge in [-0.3, -0.25) is 0 Å². The molecule has 0 amide bonds. The summed E-state index contributed by atoms with van der Waals surface area (Å²) in [5, 5.41) is 7.04. The Morgan fingerprint density at radius 3 is 2.02 bits per heavy atom. The number of benzene rings is 7. The lowest BCUT2D eigenvalue weighted by Crippen LogP contribution is -2.03. The molecule has 1 aliphatic rings. The van der Waals surface area contributed by atoms with E-state index in [1.807, 2.05) is 24.3 Å². The van der Waals surface area contributed by atoms with E-state index in [-0.39, 0.29) is 0 Å². The molecule has 11 rings (SSSR count). The van der Waals surface area contributed by atoms with Crippen LogP contribution in [0.1, 0.15) is 0 Å². The number of hydrogen-bond donors (Lipinski definition) is 0. The largest absolute Gasteiger partial charge is 0.455 e. The number of furan rings is 1. The molecular weight excluding hydrogens is 564 g/mol. The first kappa shape index (κ1) is 24.1. The quantitative estimate of drug-likeness (QED) is 0.201. The van der Waals surface area contributed by atoms with E-state index in [0.29, 0.717) is 0 Å². The van der Waals surface area contributed by atoms with Crippen molar-refractivity contribution in [3.63, 3.8) is 0 Å². The topological polar surface area (TPSA) is 32.2 Å². The summed E-state index contributed by atoms with van der Waals surface area (Å²) in [5.74, 6) is 1.75. The highest BCUT2D eigenvalue weighted by atomic mass is 16.5. The van der Waals surface area contributed by atoms with Gasteiger partial charge in [0.15, 0.2) is 11.5 Å². The first-order chi connectivity index (χ1) is 22.8. The zero-order chi connectivity index (χ0) is 29.9. The standard InChI is InChI=1S/C42H24N2O2/c1-4-12-33-28(9-1)32-23-26(24-39-41(32)44(33)35-14-6-8-16-38(35)45-39)25-17-19-27(20-18-25)43-34-13-5-2-11-31(34)40-36(43)22-21-30-29-10-3-7-15-37(29)46-42(30)40/h1-24H. The molecule has 214 valence electrons. The molecule has 0 unspecified atom stereocenters. The van der Waals surface area contributed by atoms with Crippen molar-refractivity contribution in [1.82, 2.24) is 9.13 Å². The maximum absolute atomic E-state index is 6.54. The van der Waals surface area contributed by atoms with E-state index < -0.39 is 0 Å². The van der Waals surface area contributed by atoms with Gasteiger partial charge >= 0.3 is 0 Å². The molecule has 0 bridgehead atoms. The van der Waals surface area contributed by atoms with Crippen molar-refractivity contribution in [2.75, 3.05) is 0 Å². The summed E-state index contributed by atoms with van der Waals surface area (Å²) < 4.78 is 17.7. The second-order valence-electron chi connectivity index (χ2n) is 12.1. The number of nitrogens with zero attached hydrogens (tertiary/aromatic N) is 2. The van der Waals surface area contributed by atoms with Crippen LogP contribution in [0.25, 0.3) is 88.1 Å². The maximum Gasteiger partial charge on any atom is 0.152 e. The molecule has 3 aromatic heterocycles. The molecule has 0 spiro atoms. The van der Waals surface area contributed by atoms with Crippen molar-refractivity contribution in [3.05, 3.63) is 146 Å². The van der Waals surface area contributed by atoms with Crippen molar-refractivity contribution in [2.45, 2.75) is 0 Å². The molecule has 0 N–H and O–H groups in total. The van der Waals surface area contributed by atoms with Gasteiger partial charge < -0.3 is 18.3 Å². The zero-order valence-electron chi connectivity index (χ0n) is 24.6. The van der Waals surface area contributed by atoms with Crippen molar-refractivity contribution >= 4 is 65.6 Å². The van der Waals surface area contributed by atoms with E-state index >= 15 is 0 Å². The number of para-hydroxylation sites is 5. The Kier molecular flexibility index (Phi) is 4.55. The average molecular weight is 589 g/mol. The lowest BCUT2D eigenvalue weighted by atomic mass is 10.0. The number of fused-ring (bicyclic) bond motifs is 12. The molecule has 0 saturated carbocycles. The molecule has 0 aliphatic carbocycles. The van der Waals surface area contributed by atoms with Crippen molar-refractivity contribution in [2.24, 2.45) is 0 Å². The van der Waals surface area contributed by atoms with Crippen LogP contribution >= 0.6 is 0 Å². The highest BCUT2D eigenvalue weighted by Crippen LogP contribution is 2.47. The van der Waals surface area contributed by atoms with Gasteiger partial charge in [-0.1, -0.05) is 78.9 Å². The SMILES string of the molecule is c1ccc2c(c1)Oc1cc(-c3ccc(-n4c5ccccc5c5c6oc7ccccc7c6ccc54)cc3)cc3c4ccccc4n-2c13. The van der Waals surface area contributed by atoms with Gasteiger partial charge in [-0.15, -0.1) is 0 Å². The van der Waals surface area contributed by atoms with E-state index in [1.165, 1.54) is 21.7 Å². The summed E-state index contributed by atoms with van der Waals surface area (Å²) in [6.45, 7) is 0. The fourth-order valence-electron chi connectivity index (χ4n) is 7.72. The second-order valence-corrected chi connectivity index (χ2v) is 12.1. The molecule has 7 aromatic carbocycles. The monoisotopic (exact) mass is 588 g/mol. The predicted octanol–water partition coefficient (Wildman–Crippen LogP) is 11.6. The second kappa shape index (κ2) is 8.68. The highest BCUT2D eigenvalue weighted by molar-refractivity contribution is 6.24. The van der Waals surface area contributed by atoms with Gasteiger partial charge in [-0.25, -0.2) is 0 Å². The third kappa shape index (κ3) is 3.07. The van der Waals surface area contributed by atoms with Gasteiger partial charge in [0.25, 0.3) is 0 Å². The molecule has 0 fully saturated rings. The molecule has 1 aliphatic heterocycles. The summed E-state index contributed by atoms with van der Waals surface area (Å²) in [6, 6.07) is 51.6. The smallest absolute Gasteiger partial charge is 0.152 e. The Hall–Kier alpha value is -6.26. The molecule has 4 heterocycles. The lowest BCUT2D eigenvalue weighted by molar-refractivity contribution is 0.476. The molecule has 4 heteroatoms. The maximum atomic E-state index is 6.54. The van der Waals surface area contributed by atoms with Gasteiger partial charge in [-0.2, -0.15) is 0 Å². The molecule has 4 nitrogen and oxygen atoms in total. The van der Waals surface area contributed by atoms with Crippen LogP contribution in [0, 0.1) is 0 Å². The van der Waals surface area contributed by atoms with E-state index in [1.54, 1.807) is 0 Å². The van der Waals surface area contributed by atoms with Crippen LogP contribution < -0.4 is 4.74 Å². The lowest BCUT2D eigenvalue weighted by Gasteiger charge is -2.21. The van der Waals surface area contributed by atoms with Crippen molar-refractivity contribution in [3.8, 4) is 34.0 Å². The van der Waals surface area contributed by atoms with Gasteiger partial charge in [0.2, 0.25) is 0 Å². The summed E-state index contributed by atoms with van der Waals surface area (Å²) in [4.78, 5) is 0. The molecule has 10 aromatic rings. The first-order valence-electron chi connectivity index (χ1n) is 15.6. The van der Waals surface area contributed by atoms with Crippen LogP contribution in [0.5, 0.6) is 11.5 Å². The fraction of sp³-hybridized carbons (Fsp3) is 0. The van der Waals surface area contributed by atoms with Crippen molar-refractivity contribution in [1.29, 1.82) is 0 Å². The number of rotatable bonds is 2.